The minimum atomic E-state index is -2.65. The number of anilines is 1. The van der Waals surface area contributed by atoms with Crippen LogP contribution in [0.4, 0.5) is 10.2 Å². The first-order chi connectivity index (χ1) is 13.8. The number of methoxy groups -OCH3 is 1. The van der Waals surface area contributed by atoms with Crippen molar-refractivity contribution in [1.29, 1.82) is 4.78 Å². The number of halogens is 1. The quantitative estimate of drug-likeness (QED) is 0.795. The van der Waals surface area contributed by atoms with Crippen molar-refractivity contribution in [2.75, 3.05) is 51.3 Å². The maximum absolute atomic E-state index is 12.8. The Labute approximate surface area is 170 Å². The second kappa shape index (κ2) is 7.56. The van der Waals surface area contributed by atoms with Crippen LogP contribution in [-0.2, 0) is 9.92 Å². The molecule has 2 aliphatic rings. The number of hydrogen-bond donors (Lipinski definition) is 1. The summed E-state index contributed by atoms with van der Waals surface area (Å²) in [6.45, 7) is 2.13. The van der Waals surface area contributed by atoms with Crippen molar-refractivity contribution >= 4 is 26.6 Å². The molecule has 1 aromatic heterocycles. The first-order valence-electron chi connectivity index (χ1n) is 9.61. The minimum Gasteiger partial charge on any atom is -0.493 e. The summed E-state index contributed by atoms with van der Waals surface area (Å²) in [5.41, 5.74) is 0.829. The van der Waals surface area contributed by atoms with Crippen LogP contribution in [0.5, 0.6) is 11.5 Å². The van der Waals surface area contributed by atoms with Crippen LogP contribution in [0.1, 0.15) is 19.3 Å². The summed E-state index contributed by atoms with van der Waals surface area (Å²) in [7, 11) is -1.14. The molecule has 2 saturated heterocycles. The van der Waals surface area contributed by atoms with Gasteiger partial charge in [0, 0.05) is 43.9 Å². The van der Waals surface area contributed by atoms with E-state index in [0.29, 0.717) is 17.0 Å². The maximum atomic E-state index is 12.8. The molecule has 1 N–H and O–H groups in total. The number of nitrogens with one attached hydrogen (secondary N) is 1. The third-order valence-electron chi connectivity index (χ3n) is 6.13. The number of nitrogens with zero attached hydrogens (tertiary/aromatic N) is 4. The number of hydrogen-bond acceptors (Lipinski definition) is 7. The van der Waals surface area contributed by atoms with Gasteiger partial charge in [0.05, 0.1) is 12.6 Å². The standard InChI is InChI=1S/C19H26FN5O3S/c1-27-16-10-15-14(9-17(16)28-12-20)18(23-13-22-15)24-6-3-19(4-7-24)5-8-25(11-19)29(2,21)26/h9-10,13,21H,3-8,11-12H2,1-2H3. The van der Waals surface area contributed by atoms with Crippen LogP contribution < -0.4 is 14.4 Å². The topological polar surface area (TPSA) is 91.6 Å². The normalized spacial score (nSPS) is 21.4. The summed E-state index contributed by atoms with van der Waals surface area (Å²) >= 11 is 0. The van der Waals surface area contributed by atoms with Crippen molar-refractivity contribution in [2.24, 2.45) is 5.41 Å². The first-order valence-corrected chi connectivity index (χ1v) is 11.5. The van der Waals surface area contributed by atoms with Gasteiger partial charge in [0.1, 0.15) is 22.1 Å². The SMILES string of the molecule is COc1cc2ncnc(N3CCC4(CC3)CCN(S(C)(=N)=O)C4)c2cc1OCF. The minimum absolute atomic E-state index is 0.116. The monoisotopic (exact) mass is 423 g/mol. The molecule has 2 aliphatic heterocycles. The van der Waals surface area contributed by atoms with Crippen molar-refractivity contribution in [2.45, 2.75) is 19.3 Å². The average molecular weight is 424 g/mol. The summed E-state index contributed by atoms with van der Waals surface area (Å²) in [5.74, 6) is 1.56. The molecule has 0 amide bonds. The molecule has 1 unspecified atom stereocenters. The van der Waals surface area contributed by atoms with Crippen molar-refractivity contribution in [3.63, 3.8) is 0 Å². The Morgan fingerprint density at radius 1 is 1.21 bits per heavy atom. The highest BCUT2D eigenvalue weighted by Crippen LogP contribution is 2.43. The Morgan fingerprint density at radius 2 is 1.93 bits per heavy atom. The van der Waals surface area contributed by atoms with Gasteiger partial charge in [-0.1, -0.05) is 0 Å². The molecule has 0 bridgehead atoms. The molecule has 0 radical (unpaired) electrons. The van der Waals surface area contributed by atoms with E-state index in [9.17, 15) is 8.60 Å². The zero-order valence-corrected chi connectivity index (χ0v) is 17.5. The summed E-state index contributed by atoms with van der Waals surface area (Å²) in [4.78, 5) is 11.0. The van der Waals surface area contributed by atoms with E-state index in [-0.39, 0.29) is 5.41 Å². The molecular formula is C19H26FN5O3S. The zero-order valence-electron chi connectivity index (χ0n) is 16.7. The van der Waals surface area contributed by atoms with Gasteiger partial charge in [0.15, 0.2) is 11.5 Å². The lowest BCUT2D eigenvalue weighted by molar-refractivity contribution is 0.185. The van der Waals surface area contributed by atoms with Crippen LogP contribution in [0.3, 0.4) is 0 Å². The molecular weight excluding hydrogens is 397 g/mol. The molecule has 29 heavy (non-hydrogen) atoms. The first kappa shape index (κ1) is 20.1. The largest absolute Gasteiger partial charge is 0.493 e. The number of aromatic nitrogens is 2. The average Bonchev–Trinajstić information content (AvgIpc) is 3.12. The number of fused-ring (bicyclic) bond motifs is 1. The summed E-state index contributed by atoms with van der Waals surface area (Å²) in [6, 6.07) is 3.47. The van der Waals surface area contributed by atoms with Crippen LogP contribution in [0.2, 0.25) is 0 Å². The smallest absolute Gasteiger partial charge is 0.228 e. The van der Waals surface area contributed by atoms with Crippen molar-refractivity contribution in [3.8, 4) is 11.5 Å². The Balaban J connectivity index is 1.58. The highest BCUT2D eigenvalue weighted by atomic mass is 32.2. The summed E-state index contributed by atoms with van der Waals surface area (Å²) < 4.78 is 44.9. The summed E-state index contributed by atoms with van der Waals surface area (Å²) in [6.07, 6.45) is 5.91. The van der Waals surface area contributed by atoms with Gasteiger partial charge in [0.2, 0.25) is 6.86 Å². The van der Waals surface area contributed by atoms with Gasteiger partial charge in [-0.15, -0.1) is 0 Å². The van der Waals surface area contributed by atoms with Crippen LogP contribution in [-0.4, -0.2) is 64.9 Å². The predicted octanol–water partition coefficient (Wildman–Crippen LogP) is 2.83. The zero-order chi connectivity index (χ0) is 20.6. The highest BCUT2D eigenvalue weighted by molar-refractivity contribution is 7.89. The lowest BCUT2D eigenvalue weighted by Crippen LogP contribution is -2.42. The van der Waals surface area contributed by atoms with E-state index in [1.54, 1.807) is 12.1 Å². The maximum Gasteiger partial charge on any atom is 0.228 e. The molecule has 8 nitrogen and oxygen atoms in total. The van der Waals surface area contributed by atoms with Crippen LogP contribution in [0, 0.1) is 10.2 Å². The fraction of sp³-hybridized carbons (Fsp3) is 0.579. The highest BCUT2D eigenvalue weighted by Gasteiger charge is 2.42. The van der Waals surface area contributed by atoms with Crippen molar-refractivity contribution in [1.82, 2.24) is 14.3 Å². The van der Waals surface area contributed by atoms with Gasteiger partial charge < -0.3 is 14.4 Å². The van der Waals surface area contributed by atoms with Gasteiger partial charge in [0.25, 0.3) is 0 Å². The molecule has 1 atom stereocenters. The molecule has 2 aromatic rings. The summed E-state index contributed by atoms with van der Waals surface area (Å²) in [5, 5.41) is 0.795. The number of alkyl halides is 1. The second-order valence-corrected chi connectivity index (χ2v) is 10.00. The van der Waals surface area contributed by atoms with Gasteiger partial charge >= 0.3 is 0 Å². The Bertz CT molecular complexity index is 1010. The Kier molecular flexibility index (Phi) is 5.24. The molecule has 4 rings (SSSR count). The molecule has 1 spiro atoms. The van der Waals surface area contributed by atoms with E-state index in [1.165, 1.54) is 19.7 Å². The number of rotatable bonds is 5. The molecule has 0 saturated carbocycles. The molecule has 0 aliphatic carbocycles. The third-order valence-corrected chi connectivity index (χ3v) is 7.43. The molecule has 2 fully saturated rings. The van der Waals surface area contributed by atoms with Crippen LogP contribution in [0.15, 0.2) is 18.5 Å². The lowest BCUT2D eigenvalue weighted by atomic mass is 9.78. The van der Waals surface area contributed by atoms with Crippen LogP contribution >= 0.6 is 0 Å². The fourth-order valence-electron chi connectivity index (χ4n) is 4.43. The number of benzene rings is 1. The van der Waals surface area contributed by atoms with Gasteiger partial charge in [-0.3, -0.25) is 0 Å². The van der Waals surface area contributed by atoms with E-state index in [4.69, 9.17) is 14.3 Å². The van der Waals surface area contributed by atoms with E-state index >= 15 is 0 Å². The van der Waals surface area contributed by atoms with Crippen molar-refractivity contribution < 1.29 is 18.1 Å². The van der Waals surface area contributed by atoms with E-state index < -0.39 is 16.8 Å². The molecule has 10 heteroatoms. The van der Waals surface area contributed by atoms with Gasteiger partial charge in [-0.05, 0) is 30.7 Å². The van der Waals surface area contributed by atoms with Gasteiger partial charge in [-0.25, -0.2) is 27.7 Å². The Morgan fingerprint density at radius 3 is 2.55 bits per heavy atom. The number of ether oxygens (including phenoxy) is 2. The second-order valence-electron chi connectivity index (χ2n) is 7.87. The fourth-order valence-corrected chi connectivity index (χ4v) is 5.39. The molecule has 158 valence electrons. The Hall–Kier alpha value is -2.20. The third kappa shape index (κ3) is 3.83. The van der Waals surface area contributed by atoms with Crippen LogP contribution in [0.25, 0.3) is 10.9 Å². The van der Waals surface area contributed by atoms with Crippen molar-refractivity contribution in [3.05, 3.63) is 18.5 Å². The lowest BCUT2D eigenvalue weighted by Gasteiger charge is -2.40. The molecule has 1 aromatic carbocycles. The van der Waals surface area contributed by atoms with Gasteiger partial charge in [-0.2, -0.15) is 0 Å². The number of piperidine rings is 1. The van der Waals surface area contributed by atoms with E-state index in [1.807, 2.05) is 4.31 Å². The van der Waals surface area contributed by atoms with E-state index in [0.717, 1.165) is 56.6 Å². The predicted molar refractivity (Wildman–Crippen MR) is 110 cm³/mol. The van der Waals surface area contributed by atoms with E-state index in [2.05, 4.69) is 14.9 Å². The molecule has 3 heterocycles.